The van der Waals surface area contributed by atoms with Gasteiger partial charge in [0.25, 0.3) is 0 Å². The van der Waals surface area contributed by atoms with Crippen LogP contribution >= 0.6 is 0 Å². The summed E-state index contributed by atoms with van der Waals surface area (Å²) in [6.45, 7) is 3.74. The summed E-state index contributed by atoms with van der Waals surface area (Å²) in [5.41, 5.74) is 5.10. The molecule has 1 heterocycles. The lowest BCUT2D eigenvalue weighted by atomic mass is 9.94. The van der Waals surface area contributed by atoms with Gasteiger partial charge in [0.15, 0.2) is 11.5 Å². The predicted molar refractivity (Wildman–Crippen MR) is 127 cm³/mol. The summed E-state index contributed by atoms with van der Waals surface area (Å²) < 4.78 is 10.9. The van der Waals surface area contributed by atoms with Crippen molar-refractivity contribution < 1.29 is 21.9 Å². The van der Waals surface area contributed by atoms with Gasteiger partial charge in [-0.05, 0) is 78.4 Å². The Balaban J connectivity index is 0.00000162. The van der Waals surface area contributed by atoms with Crippen molar-refractivity contribution in [3.63, 3.8) is 0 Å². The fraction of sp³-hybridized carbons (Fsp3) is 0.231. The van der Waals surface area contributed by atoms with Crippen LogP contribution in [0.5, 0.6) is 11.5 Å². The zero-order chi connectivity index (χ0) is 22.3. The van der Waals surface area contributed by atoms with Crippen molar-refractivity contribution in [3.8, 4) is 22.6 Å². The third-order valence-electron chi connectivity index (χ3n) is 6.12. The first-order valence-electron chi connectivity index (χ1n) is 10.6. The summed E-state index contributed by atoms with van der Waals surface area (Å²) in [5.74, 6) is 1.31. The minimum atomic E-state index is -0.522. The van der Waals surface area contributed by atoms with Crippen LogP contribution in [0.15, 0.2) is 60.7 Å². The van der Waals surface area contributed by atoms with Gasteiger partial charge < -0.3 is 20.1 Å². The quantitative estimate of drug-likeness (QED) is 0.557. The average molecular weight is 433 g/mol. The summed E-state index contributed by atoms with van der Waals surface area (Å²) in [6.07, 6.45) is 1.61. The Kier molecular flexibility index (Phi) is 4.85. The van der Waals surface area contributed by atoms with Crippen molar-refractivity contribution >= 4 is 23.2 Å². The van der Waals surface area contributed by atoms with E-state index in [1.54, 1.807) is 0 Å². The highest BCUT2D eigenvalue weighted by molar-refractivity contribution is 6.02. The molecule has 0 saturated heterocycles. The van der Waals surface area contributed by atoms with E-state index in [4.69, 9.17) is 9.47 Å². The highest BCUT2D eigenvalue weighted by Gasteiger charge is 2.51. The van der Waals surface area contributed by atoms with Crippen LogP contribution in [0.2, 0.25) is 0 Å². The molecule has 166 valence electrons. The maximum absolute atomic E-state index is 13.3. The SMILES string of the molecule is CC(=O)Nc1ccc(-c2cc(NC(=O)C3(c4ccc5c(c4)OCO5)CC3)ccc2C)cc1.[HH].[HH]. The molecule has 2 amide bonds. The van der Waals surface area contributed by atoms with E-state index in [0.29, 0.717) is 5.75 Å². The van der Waals surface area contributed by atoms with Gasteiger partial charge in [0.05, 0.1) is 5.41 Å². The minimum absolute atomic E-state index is 0. The monoisotopic (exact) mass is 432 g/mol. The molecule has 0 unspecified atom stereocenters. The van der Waals surface area contributed by atoms with Crippen LogP contribution in [0, 0.1) is 6.92 Å². The van der Waals surface area contributed by atoms with E-state index in [-0.39, 0.29) is 21.5 Å². The van der Waals surface area contributed by atoms with Crippen LogP contribution in [-0.2, 0) is 15.0 Å². The molecule has 6 nitrogen and oxygen atoms in total. The summed E-state index contributed by atoms with van der Waals surface area (Å²) in [7, 11) is 0. The molecule has 1 aliphatic heterocycles. The Labute approximate surface area is 189 Å². The number of ether oxygens (including phenoxy) is 2. The zero-order valence-electron chi connectivity index (χ0n) is 18.0. The molecule has 3 aromatic rings. The number of benzene rings is 3. The van der Waals surface area contributed by atoms with E-state index in [0.717, 1.165) is 52.2 Å². The Morgan fingerprint density at radius 3 is 2.31 bits per heavy atom. The zero-order valence-corrected chi connectivity index (χ0v) is 18.0. The topological polar surface area (TPSA) is 76.7 Å². The maximum Gasteiger partial charge on any atom is 0.235 e. The third-order valence-corrected chi connectivity index (χ3v) is 6.12. The summed E-state index contributed by atoms with van der Waals surface area (Å²) in [5, 5.41) is 5.90. The van der Waals surface area contributed by atoms with Crippen LogP contribution in [0.1, 0.15) is 33.7 Å². The normalized spacial score (nSPS) is 15.2. The smallest absolute Gasteiger partial charge is 0.235 e. The Morgan fingerprint density at radius 1 is 0.875 bits per heavy atom. The second-order valence-corrected chi connectivity index (χ2v) is 8.39. The fourth-order valence-corrected chi connectivity index (χ4v) is 4.16. The van der Waals surface area contributed by atoms with Gasteiger partial charge in [-0.25, -0.2) is 0 Å². The summed E-state index contributed by atoms with van der Waals surface area (Å²) >= 11 is 0. The lowest BCUT2D eigenvalue weighted by Gasteiger charge is -2.17. The van der Waals surface area contributed by atoms with Gasteiger partial charge in [-0.15, -0.1) is 0 Å². The molecule has 0 atom stereocenters. The van der Waals surface area contributed by atoms with E-state index < -0.39 is 5.41 Å². The molecule has 0 spiro atoms. The second kappa shape index (κ2) is 7.71. The third kappa shape index (κ3) is 3.68. The van der Waals surface area contributed by atoms with Crippen molar-refractivity contribution in [1.29, 1.82) is 0 Å². The molecular weight excluding hydrogens is 404 g/mol. The number of hydrogen-bond acceptors (Lipinski definition) is 4. The second-order valence-electron chi connectivity index (χ2n) is 8.39. The largest absolute Gasteiger partial charge is 0.454 e. The maximum atomic E-state index is 13.3. The number of nitrogens with one attached hydrogen (secondary N) is 2. The molecule has 2 N–H and O–H groups in total. The van der Waals surface area contributed by atoms with Gasteiger partial charge in [0.2, 0.25) is 18.6 Å². The van der Waals surface area contributed by atoms with Crippen molar-refractivity contribution in [1.82, 2.24) is 0 Å². The molecule has 3 aromatic carbocycles. The highest BCUT2D eigenvalue weighted by Crippen LogP contribution is 2.51. The van der Waals surface area contributed by atoms with E-state index in [9.17, 15) is 9.59 Å². The lowest BCUT2D eigenvalue weighted by molar-refractivity contribution is -0.118. The average Bonchev–Trinajstić information content (AvgIpc) is 3.46. The minimum Gasteiger partial charge on any atom is -0.454 e. The van der Waals surface area contributed by atoms with Crippen LogP contribution in [0.4, 0.5) is 11.4 Å². The number of aryl methyl sites for hydroxylation is 1. The molecule has 2 aliphatic rings. The molecule has 1 saturated carbocycles. The fourth-order valence-electron chi connectivity index (χ4n) is 4.16. The van der Waals surface area contributed by atoms with E-state index >= 15 is 0 Å². The van der Waals surface area contributed by atoms with Gasteiger partial charge in [0.1, 0.15) is 0 Å². The molecule has 0 aromatic heterocycles. The Morgan fingerprint density at radius 2 is 1.59 bits per heavy atom. The molecular formula is C26H28N2O4. The van der Waals surface area contributed by atoms with Crippen LogP contribution < -0.4 is 20.1 Å². The Hall–Kier alpha value is -3.80. The van der Waals surface area contributed by atoms with Crippen molar-refractivity contribution in [2.24, 2.45) is 0 Å². The van der Waals surface area contributed by atoms with E-state index in [1.165, 1.54) is 6.92 Å². The van der Waals surface area contributed by atoms with Gasteiger partial charge in [-0.2, -0.15) is 0 Å². The number of amides is 2. The van der Waals surface area contributed by atoms with Gasteiger partial charge in [-0.1, -0.05) is 24.3 Å². The number of anilines is 2. The number of hydrogen-bond donors (Lipinski definition) is 2. The summed E-state index contributed by atoms with van der Waals surface area (Å²) in [4.78, 5) is 24.5. The number of rotatable bonds is 5. The molecule has 6 heteroatoms. The number of carbonyl (C=O) groups is 2. The number of carbonyl (C=O) groups excluding carboxylic acids is 2. The highest BCUT2D eigenvalue weighted by atomic mass is 16.7. The number of fused-ring (bicyclic) bond motifs is 1. The standard InChI is InChI=1S/C26H24N2O4.2H2/c1-16-3-7-21(14-22(16)18-4-8-20(9-5-18)27-17(2)29)28-25(30)26(11-12-26)19-6-10-23-24(13-19)32-15-31-23;;/h3-10,13-14H,11-12,15H2,1-2H3,(H,27,29)(H,28,30);2*1H. The molecule has 0 bridgehead atoms. The first-order valence-corrected chi connectivity index (χ1v) is 10.6. The Bertz CT molecular complexity index is 1220. The van der Waals surface area contributed by atoms with Crippen LogP contribution in [-0.4, -0.2) is 18.6 Å². The first-order chi connectivity index (χ1) is 15.4. The van der Waals surface area contributed by atoms with Gasteiger partial charge >= 0.3 is 0 Å². The van der Waals surface area contributed by atoms with E-state index in [1.807, 2.05) is 67.6 Å². The van der Waals surface area contributed by atoms with Gasteiger partial charge in [0, 0.05) is 21.2 Å². The van der Waals surface area contributed by atoms with E-state index in [2.05, 4.69) is 10.6 Å². The molecule has 0 radical (unpaired) electrons. The first kappa shape index (κ1) is 20.1. The van der Waals surface area contributed by atoms with Crippen molar-refractivity contribution in [2.45, 2.75) is 32.1 Å². The van der Waals surface area contributed by atoms with Gasteiger partial charge in [-0.3, -0.25) is 9.59 Å². The summed E-state index contributed by atoms with van der Waals surface area (Å²) in [6, 6.07) is 19.4. The molecule has 1 aliphatic carbocycles. The van der Waals surface area contributed by atoms with Crippen molar-refractivity contribution in [2.75, 3.05) is 17.4 Å². The molecule has 1 fully saturated rings. The molecule has 32 heavy (non-hydrogen) atoms. The van der Waals surface area contributed by atoms with Crippen LogP contribution in [0.25, 0.3) is 11.1 Å². The van der Waals surface area contributed by atoms with Crippen LogP contribution in [0.3, 0.4) is 0 Å². The molecule has 5 rings (SSSR count). The predicted octanol–water partition coefficient (Wildman–Crippen LogP) is 5.51. The lowest BCUT2D eigenvalue weighted by Crippen LogP contribution is -2.27. The van der Waals surface area contributed by atoms with Crippen molar-refractivity contribution in [3.05, 3.63) is 71.8 Å².